The normalized spacial score (nSPS) is 14.0. The summed E-state index contributed by atoms with van der Waals surface area (Å²) >= 11 is 0. The molecule has 3 aromatic rings. The van der Waals surface area contributed by atoms with Gasteiger partial charge in [-0.3, -0.25) is 4.79 Å². The first kappa shape index (κ1) is 20.7. The number of benzene rings is 3. The van der Waals surface area contributed by atoms with Crippen LogP contribution in [0.5, 0.6) is 17.2 Å². The van der Waals surface area contributed by atoms with Gasteiger partial charge in [-0.15, -0.1) is 0 Å². The van der Waals surface area contributed by atoms with Crippen molar-refractivity contribution >= 4 is 11.9 Å². The summed E-state index contributed by atoms with van der Waals surface area (Å²) in [6.45, 7) is 6.64. The molecule has 0 N–H and O–H groups in total. The van der Waals surface area contributed by atoms with Gasteiger partial charge in [0.15, 0.2) is 5.76 Å². The molecule has 0 fully saturated rings. The predicted octanol–water partition coefficient (Wildman–Crippen LogP) is 6.32. The minimum Gasteiger partial charge on any atom is -0.497 e. The fourth-order valence-corrected chi connectivity index (χ4v) is 3.58. The Morgan fingerprint density at radius 1 is 0.968 bits per heavy atom. The van der Waals surface area contributed by atoms with Crippen molar-refractivity contribution in [2.45, 2.75) is 33.3 Å². The first-order chi connectivity index (χ1) is 14.9. The van der Waals surface area contributed by atoms with E-state index in [9.17, 15) is 4.79 Å². The zero-order valence-corrected chi connectivity index (χ0v) is 18.3. The Morgan fingerprint density at radius 3 is 2.32 bits per heavy atom. The van der Waals surface area contributed by atoms with Gasteiger partial charge in [0.25, 0.3) is 0 Å². The van der Waals surface area contributed by atoms with Crippen molar-refractivity contribution in [1.29, 1.82) is 0 Å². The lowest BCUT2D eigenvalue weighted by Gasteiger charge is -2.09. The molecule has 0 bridgehead atoms. The number of hydrogen-bond donors (Lipinski definition) is 0. The molecule has 0 spiro atoms. The Labute approximate surface area is 183 Å². The number of Topliss-reactive ketones (excluding diaryl/α,β-unsaturated/α-hetero) is 1. The van der Waals surface area contributed by atoms with Gasteiger partial charge in [-0.2, -0.15) is 0 Å². The molecule has 31 heavy (non-hydrogen) atoms. The molecule has 0 unspecified atom stereocenters. The molecule has 3 aromatic carbocycles. The summed E-state index contributed by atoms with van der Waals surface area (Å²) < 4.78 is 17.0. The highest BCUT2D eigenvalue weighted by atomic mass is 16.5. The Kier molecular flexibility index (Phi) is 5.81. The van der Waals surface area contributed by atoms with E-state index in [1.807, 2.05) is 49.4 Å². The van der Waals surface area contributed by atoms with Gasteiger partial charge in [0, 0.05) is 6.07 Å². The van der Waals surface area contributed by atoms with Gasteiger partial charge in [0.1, 0.15) is 23.9 Å². The van der Waals surface area contributed by atoms with Gasteiger partial charge in [-0.05, 0) is 59.4 Å². The number of allylic oxidation sites excluding steroid dienone is 1. The molecule has 0 atom stereocenters. The lowest BCUT2D eigenvalue weighted by atomic mass is 10.0. The number of hydrogen-bond acceptors (Lipinski definition) is 4. The van der Waals surface area contributed by atoms with Crippen LogP contribution >= 0.6 is 0 Å². The van der Waals surface area contributed by atoms with Crippen molar-refractivity contribution in [3.05, 3.63) is 94.2 Å². The van der Waals surface area contributed by atoms with E-state index in [0.717, 1.165) is 22.4 Å². The number of carbonyl (C=O) groups excluding carboxylic acids is 1. The first-order valence-corrected chi connectivity index (χ1v) is 10.4. The molecule has 0 saturated carbocycles. The largest absolute Gasteiger partial charge is 0.497 e. The van der Waals surface area contributed by atoms with Gasteiger partial charge in [-0.1, -0.05) is 50.2 Å². The summed E-state index contributed by atoms with van der Waals surface area (Å²) in [5, 5.41) is 0. The van der Waals surface area contributed by atoms with Crippen LogP contribution in [0.4, 0.5) is 0 Å². The average Bonchev–Trinajstić information content (AvgIpc) is 3.08. The molecule has 4 heteroatoms. The van der Waals surface area contributed by atoms with Crippen molar-refractivity contribution in [2.75, 3.05) is 7.11 Å². The van der Waals surface area contributed by atoms with Crippen LogP contribution in [0, 0.1) is 6.92 Å². The average molecular weight is 415 g/mol. The van der Waals surface area contributed by atoms with Crippen LogP contribution in [0.3, 0.4) is 0 Å². The standard InChI is InChI=1S/C27H26O4/c1-17(2)21-9-5-19(6-10-21)14-25-27(28)26-18(3)13-23(15-24(26)31-25)30-16-20-7-11-22(29-4)12-8-20/h5-15,17H,16H2,1-4H3/b25-14-. The van der Waals surface area contributed by atoms with E-state index in [-0.39, 0.29) is 5.78 Å². The molecule has 4 rings (SSSR count). The zero-order chi connectivity index (χ0) is 22.0. The fraction of sp³-hybridized carbons (Fsp3) is 0.222. The molecule has 0 radical (unpaired) electrons. The van der Waals surface area contributed by atoms with E-state index < -0.39 is 0 Å². The third-order valence-electron chi connectivity index (χ3n) is 5.41. The fourth-order valence-electron chi connectivity index (χ4n) is 3.58. The minimum atomic E-state index is -0.0952. The quantitative estimate of drug-likeness (QED) is 0.443. The van der Waals surface area contributed by atoms with Gasteiger partial charge < -0.3 is 14.2 Å². The number of ketones is 1. The molecule has 0 amide bonds. The van der Waals surface area contributed by atoms with Crippen LogP contribution in [0.25, 0.3) is 6.08 Å². The van der Waals surface area contributed by atoms with Crippen LogP contribution in [0.1, 0.15) is 52.4 Å². The summed E-state index contributed by atoms with van der Waals surface area (Å²) in [5.41, 5.74) is 4.67. The first-order valence-electron chi connectivity index (χ1n) is 10.4. The summed E-state index contributed by atoms with van der Waals surface area (Å²) in [5.74, 6) is 2.73. The molecule has 1 aliphatic rings. The Bertz CT molecular complexity index is 1120. The van der Waals surface area contributed by atoms with Crippen LogP contribution in [0.2, 0.25) is 0 Å². The van der Waals surface area contributed by atoms with Gasteiger partial charge in [0.05, 0.1) is 12.7 Å². The third kappa shape index (κ3) is 4.48. The second-order valence-electron chi connectivity index (χ2n) is 8.01. The summed E-state index contributed by atoms with van der Waals surface area (Å²) in [6.07, 6.45) is 1.80. The second kappa shape index (κ2) is 8.68. The van der Waals surface area contributed by atoms with E-state index in [1.165, 1.54) is 5.56 Å². The zero-order valence-electron chi connectivity index (χ0n) is 18.3. The van der Waals surface area contributed by atoms with Crippen molar-refractivity contribution in [3.63, 3.8) is 0 Å². The number of rotatable bonds is 6. The van der Waals surface area contributed by atoms with E-state index >= 15 is 0 Å². The second-order valence-corrected chi connectivity index (χ2v) is 8.01. The topological polar surface area (TPSA) is 44.8 Å². The number of fused-ring (bicyclic) bond motifs is 1. The Hall–Kier alpha value is -3.53. The Morgan fingerprint density at radius 2 is 1.68 bits per heavy atom. The van der Waals surface area contributed by atoms with Crippen LogP contribution in [-0.4, -0.2) is 12.9 Å². The van der Waals surface area contributed by atoms with Crippen LogP contribution in [0.15, 0.2) is 66.4 Å². The maximum atomic E-state index is 12.9. The highest BCUT2D eigenvalue weighted by molar-refractivity contribution is 6.15. The van der Waals surface area contributed by atoms with Crippen molar-refractivity contribution in [1.82, 2.24) is 0 Å². The SMILES string of the molecule is COc1ccc(COc2cc(C)c3c(c2)O/C(=C\c2ccc(C(C)C)cc2)C3=O)cc1. The molecule has 158 valence electrons. The number of carbonyl (C=O) groups is 1. The van der Waals surface area contributed by atoms with Crippen molar-refractivity contribution < 1.29 is 19.0 Å². The maximum absolute atomic E-state index is 12.9. The summed E-state index contributed by atoms with van der Waals surface area (Å²) in [6, 6.07) is 19.6. The van der Waals surface area contributed by atoms with E-state index in [1.54, 1.807) is 19.3 Å². The molecular weight excluding hydrogens is 388 g/mol. The highest BCUT2D eigenvalue weighted by Crippen LogP contribution is 2.37. The predicted molar refractivity (Wildman–Crippen MR) is 122 cm³/mol. The monoisotopic (exact) mass is 414 g/mol. The molecule has 4 nitrogen and oxygen atoms in total. The van der Waals surface area contributed by atoms with Gasteiger partial charge in [-0.25, -0.2) is 0 Å². The van der Waals surface area contributed by atoms with Crippen LogP contribution < -0.4 is 14.2 Å². The number of aryl methyl sites for hydroxylation is 1. The van der Waals surface area contributed by atoms with E-state index in [4.69, 9.17) is 14.2 Å². The molecule has 0 aliphatic carbocycles. The maximum Gasteiger partial charge on any atom is 0.232 e. The number of methoxy groups -OCH3 is 1. The summed E-state index contributed by atoms with van der Waals surface area (Å²) in [7, 11) is 1.64. The molecule has 0 aromatic heterocycles. The van der Waals surface area contributed by atoms with Crippen molar-refractivity contribution in [2.24, 2.45) is 0 Å². The highest BCUT2D eigenvalue weighted by Gasteiger charge is 2.30. The molecule has 1 heterocycles. The van der Waals surface area contributed by atoms with E-state index in [0.29, 0.717) is 35.3 Å². The summed E-state index contributed by atoms with van der Waals surface area (Å²) in [4.78, 5) is 12.9. The lowest BCUT2D eigenvalue weighted by Crippen LogP contribution is -2.00. The number of ether oxygens (including phenoxy) is 3. The smallest absolute Gasteiger partial charge is 0.232 e. The van der Waals surface area contributed by atoms with E-state index in [2.05, 4.69) is 26.0 Å². The van der Waals surface area contributed by atoms with Gasteiger partial charge >= 0.3 is 0 Å². The van der Waals surface area contributed by atoms with Crippen LogP contribution in [-0.2, 0) is 6.61 Å². The van der Waals surface area contributed by atoms with Gasteiger partial charge in [0.2, 0.25) is 5.78 Å². The minimum absolute atomic E-state index is 0.0952. The molecular formula is C27H26O4. The lowest BCUT2D eigenvalue weighted by molar-refractivity contribution is 0.101. The third-order valence-corrected chi connectivity index (χ3v) is 5.41. The van der Waals surface area contributed by atoms with Crippen molar-refractivity contribution in [3.8, 4) is 17.2 Å². The molecule has 0 saturated heterocycles. The Balaban J connectivity index is 1.51. The molecule has 1 aliphatic heterocycles.